The number of aromatic nitrogens is 1. The zero-order valence-electron chi connectivity index (χ0n) is 17.4. The Labute approximate surface area is 185 Å². The maximum atomic E-state index is 14.3. The van der Waals surface area contributed by atoms with Crippen LogP contribution in [0.3, 0.4) is 0 Å². The van der Waals surface area contributed by atoms with E-state index >= 15 is 0 Å². The fourth-order valence-electron chi connectivity index (χ4n) is 3.65. The normalized spacial score (nSPS) is 22.0. The van der Waals surface area contributed by atoms with Gasteiger partial charge in [-0.3, -0.25) is 4.98 Å². The van der Waals surface area contributed by atoms with Crippen LogP contribution in [0.2, 0.25) is 0 Å². The smallest absolute Gasteiger partial charge is 0.241 e. The van der Waals surface area contributed by atoms with Crippen molar-refractivity contribution in [1.82, 2.24) is 14.6 Å². The highest BCUT2D eigenvalue weighted by molar-refractivity contribution is 7.89. The zero-order chi connectivity index (χ0) is 23.3. The van der Waals surface area contributed by atoms with Crippen LogP contribution < -0.4 is 4.72 Å². The van der Waals surface area contributed by atoms with Crippen molar-refractivity contribution >= 4 is 15.9 Å². The maximum absolute atomic E-state index is 14.3. The second-order valence-corrected chi connectivity index (χ2v) is 9.28. The van der Waals surface area contributed by atoms with Crippen LogP contribution in [-0.4, -0.2) is 49.3 Å². The molecule has 0 aromatic carbocycles. The van der Waals surface area contributed by atoms with Gasteiger partial charge < -0.3 is 9.74 Å². The summed E-state index contributed by atoms with van der Waals surface area (Å²) in [4.78, 5) is 11.8. The van der Waals surface area contributed by atoms with E-state index in [-0.39, 0.29) is 6.42 Å². The number of amidine groups is 1. The van der Waals surface area contributed by atoms with Crippen molar-refractivity contribution < 1.29 is 26.4 Å². The predicted octanol–water partition coefficient (Wildman–Crippen LogP) is 2.97. The molecule has 0 spiro atoms. The topological polar surface area (TPSA) is 83.9 Å². The van der Waals surface area contributed by atoms with E-state index in [0.29, 0.717) is 43.0 Å². The molecule has 1 aromatic rings. The quantitative estimate of drug-likeness (QED) is 0.491. The molecule has 1 unspecified atom stereocenters. The third-order valence-corrected chi connectivity index (χ3v) is 5.99. The number of nitrogens with zero attached hydrogens (tertiary/aromatic N) is 3. The van der Waals surface area contributed by atoms with Crippen molar-refractivity contribution in [2.75, 3.05) is 19.1 Å². The van der Waals surface area contributed by atoms with Gasteiger partial charge in [0.1, 0.15) is 17.5 Å². The van der Waals surface area contributed by atoms with Crippen molar-refractivity contribution in [3.63, 3.8) is 0 Å². The van der Waals surface area contributed by atoms with Gasteiger partial charge in [0.2, 0.25) is 16.0 Å². The van der Waals surface area contributed by atoms with Crippen LogP contribution in [0.4, 0.5) is 13.2 Å². The van der Waals surface area contributed by atoms with Crippen molar-refractivity contribution in [2.24, 2.45) is 5.16 Å². The van der Waals surface area contributed by atoms with Crippen LogP contribution in [0.25, 0.3) is 0 Å². The second-order valence-electron chi connectivity index (χ2n) is 7.60. The number of hydrogen-bond acceptors (Lipinski definition) is 6. The van der Waals surface area contributed by atoms with E-state index in [1.807, 2.05) is 10.8 Å². The molecule has 3 heterocycles. The van der Waals surface area contributed by atoms with Crippen LogP contribution in [-0.2, 0) is 21.3 Å². The third kappa shape index (κ3) is 6.11. The maximum Gasteiger partial charge on any atom is 0.241 e. The van der Waals surface area contributed by atoms with Gasteiger partial charge >= 0.3 is 0 Å². The molecule has 1 N–H and O–H groups in total. The van der Waals surface area contributed by atoms with E-state index in [0.717, 1.165) is 17.7 Å². The fourth-order valence-corrected chi connectivity index (χ4v) is 4.41. The van der Waals surface area contributed by atoms with Crippen LogP contribution in [0.5, 0.6) is 0 Å². The molecule has 0 radical (unpaired) electrons. The molecule has 0 saturated carbocycles. The minimum absolute atomic E-state index is 0.193. The zero-order valence-corrected chi connectivity index (χ0v) is 18.2. The summed E-state index contributed by atoms with van der Waals surface area (Å²) >= 11 is 0. The molecule has 0 amide bonds. The summed E-state index contributed by atoms with van der Waals surface area (Å²) < 4.78 is 65.5. The van der Waals surface area contributed by atoms with E-state index in [1.165, 1.54) is 0 Å². The molecule has 0 bridgehead atoms. The van der Waals surface area contributed by atoms with Crippen molar-refractivity contribution in [1.29, 1.82) is 0 Å². The molecular formula is C21H23F3N4O3S. The SMILES string of the molecule is C#C/C=C(F)\C=C(\F)Cc1cc(C)cnc1C1CC(N2CC[C@H](NS(=O)(=O)CF)C2)=NO1. The second kappa shape index (κ2) is 10.2. The Morgan fingerprint density at radius 2 is 2.25 bits per heavy atom. The molecule has 1 aromatic heterocycles. The Hall–Kier alpha value is -2.84. The van der Waals surface area contributed by atoms with Crippen LogP contribution in [0, 0.1) is 19.3 Å². The fraction of sp³-hybridized carbons (Fsp3) is 0.429. The number of alkyl halides is 1. The number of allylic oxidation sites excluding steroid dienone is 4. The molecule has 7 nitrogen and oxygen atoms in total. The molecule has 32 heavy (non-hydrogen) atoms. The van der Waals surface area contributed by atoms with Gasteiger partial charge in [0, 0.05) is 43.9 Å². The first-order valence-electron chi connectivity index (χ1n) is 9.87. The summed E-state index contributed by atoms with van der Waals surface area (Å²) in [5.74, 6) is 1.02. The number of oxime groups is 1. The minimum Gasteiger partial charge on any atom is -0.384 e. The number of nitrogens with one attached hydrogen (secondary N) is 1. The number of halogens is 3. The Bertz CT molecular complexity index is 1100. The highest BCUT2D eigenvalue weighted by Crippen LogP contribution is 2.32. The lowest BCUT2D eigenvalue weighted by Gasteiger charge is -2.18. The molecule has 3 rings (SSSR count). The number of sulfonamides is 1. The summed E-state index contributed by atoms with van der Waals surface area (Å²) in [6.45, 7) is 2.67. The molecule has 2 aliphatic heterocycles. The predicted molar refractivity (Wildman–Crippen MR) is 114 cm³/mol. The van der Waals surface area contributed by atoms with E-state index in [2.05, 4.69) is 14.9 Å². The Morgan fingerprint density at radius 3 is 2.97 bits per heavy atom. The van der Waals surface area contributed by atoms with Gasteiger partial charge in [-0.25, -0.2) is 26.3 Å². The highest BCUT2D eigenvalue weighted by atomic mass is 32.2. The van der Waals surface area contributed by atoms with Crippen molar-refractivity contribution in [3.05, 3.63) is 52.9 Å². The van der Waals surface area contributed by atoms with E-state index in [4.69, 9.17) is 11.3 Å². The first-order chi connectivity index (χ1) is 15.2. The number of rotatable bonds is 7. The van der Waals surface area contributed by atoms with Gasteiger partial charge in [0.25, 0.3) is 0 Å². The summed E-state index contributed by atoms with van der Waals surface area (Å²) in [6, 6.07) is -0.140. The average Bonchev–Trinajstić information content (AvgIpc) is 3.37. The van der Waals surface area contributed by atoms with Crippen LogP contribution in [0.15, 0.2) is 41.2 Å². The van der Waals surface area contributed by atoms with Gasteiger partial charge in [0.15, 0.2) is 6.10 Å². The van der Waals surface area contributed by atoms with Gasteiger partial charge in [-0.05, 0) is 24.5 Å². The summed E-state index contributed by atoms with van der Waals surface area (Å²) in [5, 5.41) is 4.09. The molecule has 2 aliphatic rings. The number of hydrogen-bond donors (Lipinski definition) is 1. The number of aryl methyl sites for hydroxylation is 1. The van der Waals surface area contributed by atoms with Gasteiger partial charge in [-0.2, -0.15) is 0 Å². The summed E-state index contributed by atoms with van der Waals surface area (Å²) in [5.41, 5.74) is 1.81. The molecule has 1 saturated heterocycles. The molecule has 1 fully saturated rings. The van der Waals surface area contributed by atoms with E-state index in [1.54, 1.807) is 19.2 Å². The lowest BCUT2D eigenvalue weighted by Crippen LogP contribution is -2.38. The first-order valence-corrected chi connectivity index (χ1v) is 11.5. The molecule has 172 valence electrons. The summed E-state index contributed by atoms with van der Waals surface area (Å²) in [7, 11) is -3.94. The van der Waals surface area contributed by atoms with Crippen LogP contribution >= 0.6 is 0 Å². The van der Waals surface area contributed by atoms with Gasteiger partial charge in [0.05, 0.1) is 12.1 Å². The Kier molecular flexibility index (Phi) is 7.58. The van der Waals surface area contributed by atoms with Crippen molar-refractivity contribution in [2.45, 2.75) is 38.3 Å². The van der Waals surface area contributed by atoms with Gasteiger partial charge in [-0.15, -0.1) is 6.42 Å². The lowest BCUT2D eigenvalue weighted by atomic mass is 10.0. The third-order valence-electron chi connectivity index (χ3n) is 5.01. The molecular weight excluding hydrogens is 445 g/mol. The van der Waals surface area contributed by atoms with Crippen molar-refractivity contribution in [3.8, 4) is 12.3 Å². The first kappa shape index (κ1) is 23.8. The minimum atomic E-state index is -3.94. The number of likely N-dealkylation sites (tertiary alicyclic amines) is 1. The molecule has 11 heteroatoms. The molecule has 0 aliphatic carbocycles. The van der Waals surface area contributed by atoms with Crippen LogP contribution in [0.1, 0.15) is 35.8 Å². The average molecular weight is 469 g/mol. The largest absolute Gasteiger partial charge is 0.384 e. The summed E-state index contributed by atoms with van der Waals surface area (Å²) in [6.07, 6.45) is 8.25. The number of terminal acetylenes is 1. The Balaban J connectivity index is 1.68. The monoisotopic (exact) mass is 468 g/mol. The van der Waals surface area contributed by atoms with Gasteiger partial charge in [-0.1, -0.05) is 17.1 Å². The highest BCUT2D eigenvalue weighted by Gasteiger charge is 2.34. The standard InChI is InChI=1S/C21H23F3N4O3S/c1-3-4-16(23)9-17(24)8-15-7-14(2)11-25-21(15)19-10-20(26-31-19)28-6-5-18(12-28)27-32(29,30)13-22/h1,4,7,9,11,18-19,27H,5-6,8,10,12-13H2,2H3/b16-4+,17-9+/t18-,19?/m0/s1. The number of pyridine rings is 1. The molecule has 2 atom stereocenters. The van der Waals surface area contributed by atoms with E-state index in [9.17, 15) is 21.6 Å². The van der Waals surface area contributed by atoms with E-state index < -0.39 is 39.8 Å². The lowest BCUT2D eigenvalue weighted by molar-refractivity contribution is 0.0817. The Morgan fingerprint density at radius 1 is 1.47 bits per heavy atom.